The van der Waals surface area contributed by atoms with Crippen LogP contribution in [0.15, 0.2) is 12.1 Å². The molecule has 0 aliphatic heterocycles. The molecule has 0 fully saturated rings. The highest BCUT2D eigenvalue weighted by Crippen LogP contribution is 2.34. The molecule has 1 rings (SSSR count). The molecule has 0 saturated heterocycles. The quantitative estimate of drug-likeness (QED) is 0.597. The maximum atomic E-state index is 5.96. The van der Waals surface area contributed by atoms with Crippen molar-refractivity contribution >= 4 is 34.8 Å². The molecule has 5 heteroatoms. The zero-order valence-corrected chi connectivity index (χ0v) is 10.8. The van der Waals surface area contributed by atoms with Gasteiger partial charge in [-0.25, -0.2) is 0 Å². The third-order valence-corrected chi connectivity index (χ3v) is 2.93. The number of nitrogens with zero attached hydrogens (tertiary/aromatic N) is 1. The molecule has 0 bridgehead atoms. The Morgan fingerprint density at radius 3 is 2.07 bits per heavy atom. The predicted molar refractivity (Wildman–Crippen MR) is 65.0 cm³/mol. The van der Waals surface area contributed by atoms with Crippen LogP contribution >= 0.6 is 34.8 Å². The highest BCUT2D eigenvalue weighted by molar-refractivity contribution is 6.43. The Kier molecular flexibility index (Phi) is 5.00. The van der Waals surface area contributed by atoms with E-state index in [4.69, 9.17) is 39.6 Å². The molecule has 1 aromatic carbocycles. The summed E-state index contributed by atoms with van der Waals surface area (Å²) in [5.41, 5.74) is 0. The lowest BCUT2D eigenvalue weighted by Gasteiger charge is -2.19. The first-order valence-electron chi connectivity index (χ1n) is 4.66. The van der Waals surface area contributed by atoms with Gasteiger partial charge >= 0.3 is 0 Å². The minimum Gasteiger partial charge on any atom is -0.404 e. The summed E-state index contributed by atoms with van der Waals surface area (Å²) in [7, 11) is 0. The average Bonchev–Trinajstić information content (AvgIpc) is 2.21. The normalized spacial score (nSPS) is 10.8. The number of halogens is 3. The number of rotatable bonds is 4. The van der Waals surface area contributed by atoms with Crippen molar-refractivity contribution < 1.29 is 4.84 Å². The summed E-state index contributed by atoms with van der Waals surface area (Å²) in [6, 6.07) is 3.19. The molecular weight excluding hydrogens is 256 g/mol. The maximum absolute atomic E-state index is 5.96. The van der Waals surface area contributed by atoms with E-state index in [-0.39, 0.29) is 0 Å². The van der Waals surface area contributed by atoms with E-state index in [1.165, 1.54) is 0 Å². The first-order valence-corrected chi connectivity index (χ1v) is 5.79. The Morgan fingerprint density at radius 2 is 1.53 bits per heavy atom. The molecule has 0 aromatic heterocycles. The van der Waals surface area contributed by atoms with E-state index in [2.05, 4.69) is 0 Å². The standard InChI is InChI=1S/C10H12Cl3NO/c1-3-14(4-2)15-10-6-8(12)7(11)5-9(10)13/h5-6H,3-4H2,1-2H3. The second-order valence-corrected chi connectivity index (χ2v) is 4.12. The minimum absolute atomic E-state index is 0.425. The summed E-state index contributed by atoms with van der Waals surface area (Å²) in [6.45, 7) is 5.53. The van der Waals surface area contributed by atoms with Crippen LogP contribution in [0.25, 0.3) is 0 Å². The first-order chi connectivity index (χ1) is 7.08. The average molecular weight is 269 g/mol. The van der Waals surface area contributed by atoms with Gasteiger partial charge in [0, 0.05) is 19.2 Å². The molecular formula is C10H12Cl3NO. The lowest BCUT2D eigenvalue weighted by molar-refractivity contribution is -0.0485. The third-order valence-electron chi connectivity index (χ3n) is 1.91. The van der Waals surface area contributed by atoms with Crippen molar-refractivity contribution in [3.63, 3.8) is 0 Å². The third kappa shape index (κ3) is 3.42. The molecule has 0 saturated carbocycles. The molecule has 0 atom stereocenters. The molecule has 1 aromatic rings. The summed E-state index contributed by atoms with van der Waals surface area (Å²) >= 11 is 17.6. The van der Waals surface area contributed by atoms with E-state index in [9.17, 15) is 0 Å². The molecule has 0 unspecified atom stereocenters. The van der Waals surface area contributed by atoms with Gasteiger partial charge in [0.15, 0.2) is 5.75 Å². The monoisotopic (exact) mass is 267 g/mol. The van der Waals surface area contributed by atoms with Gasteiger partial charge in [-0.2, -0.15) is 0 Å². The van der Waals surface area contributed by atoms with Gasteiger partial charge < -0.3 is 4.84 Å². The number of hydrogen-bond donors (Lipinski definition) is 0. The van der Waals surface area contributed by atoms with Crippen LogP contribution in [0.5, 0.6) is 5.75 Å². The molecule has 0 radical (unpaired) electrons. The van der Waals surface area contributed by atoms with Crippen LogP contribution in [0.4, 0.5) is 0 Å². The van der Waals surface area contributed by atoms with Gasteiger partial charge in [0.05, 0.1) is 15.1 Å². The van der Waals surface area contributed by atoms with Crippen molar-refractivity contribution in [1.29, 1.82) is 0 Å². The van der Waals surface area contributed by atoms with Gasteiger partial charge in [0.1, 0.15) is 0 Å². The van der Waals surface area contributed by atoms with Gasteiger partial charge in [-0.1, -0.05) is 34.8 Å². The Balaban J connectivity index is 2.89. The van der Waals surface area contributed by atoms with E-state index in [0.29, 0.717) is 20.8 Å². The zero-order chi connectivity index (χ0) is 11.4. The highest BCUT2D eigenvalue weighted by Gasteiger charge is 2.10. The molecule has 2 nitrogen and oxygen atoms in total. The van der Waals surface area contributed by atoms with Crippen LogP contribution in [-0.2, 0) is 0 Å². The Hall–Kier alpha value is -0.150. The van der Waals surface area contributed by atoms with E-state index < -0.39 is 0 Å². The molecule has 0 aliphatic rings. The van der Waals surface area contributed by atoms with Crippen molar-refractivity contribution in [3.8, 4) is 5.75 Å². The second-order valence-electron chi connectivity index (χ2n) is 2.90. The summed E-state index contributed by atoms with van der Waals surface area (Å²) in [6.07, 6.45) is 0. The summed E-state index contributed by atoms with van der Waals surface area (Å²) in [4.78, 5) is 5.54. The van der Waals surface area contributed by atoms with Crippen molar-refractivity contribution in [2.75, 3.05) is 13.1 Å². The Morgan fingerprint density at radius 1 is 1.00 bits per heavy atom. The molecule has 0 aliphatic carbocycles. The largest absolute Gasteiger partial charge is 0.404 e. The minimum atomic E-state index is 0.425. The number of hydroxylamine groups is 2. The molecule has 0 heterocycles. The predicted octanol–water partition coefficient (Wildman–Crippen LogP) is 4.28. The van der Waals surface area contributed by atoms with Crippen molar-refractivity contribution in [2.45, 2.75) is 13.8 Å². The van der Waals surface area contributed by atoms with Crippen molar-refractivity contribution in [3.05, 3.63) is 27.2 Å². The molecule has 84 valence electrons. The molecule has 0 amide bonds. The SMILES string of the molecule is CCN(CC)Oc1cc(Cl)c(Cl)cc1Cl. The highest BCUT2D eigenvalue weighted by atomic mass is 35.5. The fraction of sp³-hybridized carbons (Fsp3) is 0.400. The molecule has 15 heavy (non-hydrogen) atoms. The first kappa shape index (κ1) is 12.9. The van der Waals surface area contributed by atoms with Crippen molar-refractivity contribution in [1.82, 2.24) is 5.06 Å². The van der Waals surface area contributed by atoms with Gasteiger partial charge in [-0.3, -0.25) is 0 Å². The van der Waals surface area contributed by atoms with Gasteiger partial charge in [0.2, 0.25) is 0 Å². The second kappa shape index (κ2) is 5.80. The summed E-state index contributed by atoms with van der Waals surface area (Å²) < 4.78 is 0. The summed E-state index contributed by atoms with van der Waals surface area (Å²) in [5, 5.41) is 3.08. The fourth-order valence-corrected chi connectivity index (χ4v) is 1.64. The van der Waals surface area contributed by atoms with Crippen LogP contribution in [-0.4, -0.2) is 18.2 Å². The summed E-state index contributed by atoms with van der Waals surface area (Å²) in [5.74, 6) is 0.523. The van der Waals surface area contributed by atoms with Gasteiger partial charge in [-0.05, 0) is 19.9 Å². The lowest BCUT2D eigenvalue weighted by atomic mass is 10.3. The van der Waals surface area contributed by atoms with E-state index in [0.717, 1.165) is 13.1 Å². The maximum Gasteiger partial charge on any atom is 0.167 e. The lowest BCUT2D eigenvalue weighted by Crippen LogP contribution is -2.26. The zero-order valence-electron chi connectivity index (χ0n) is 8.56. The topological polar surface area (TPSA) is 12.5 Å². The van der Waals surface area contributed by atoms with Crippen molar-refractivity contribution in [2.24, 2.45) is 0 Å². The fourth-order valence-electron chi connectivity index (χ4n) is 1.07. The number of benzene rings is 1. The molecule has 0 spiro atoms. The number of hydrogen-bond acceptors (Lipinski definition) is 2. The van der Waals surface area contributed by atoms with Crippen LogP contribution in [0, 0.1) is 0 Å². The Bertz CT molecular complexity index is 340. The van der Waals surface area contributed by atoms with E-state index >= 15 is 0 Å². The Labute approximate surface area is 105 Å². The van der Waals surface area contributed by atoms with Crippen LogP contribution in [0.3, 0.4) is 0 Å². The van der Waals surface area contributed by atoms with Gasteiger partial charge in [0.25, 0.3) is 0 Å². The van der Waals surface area contributed by atoms with E-state index in [1.807, 2.05) is 13.8 Å². The van der Waals surface area contributed by atoms with Crippen LogP contribution in [0.2, 0.25) is 15.1 Å². The van der Waals surface area contributed by atoms with Crippen LogP contribution < -0.4 is 4.84 Å². The van der Waals surface area contributed by atoms with Crippen LogP contribution in [0.1, 0.15) is 13.8 Å². The molecule has 0 N–H and O–H groups in total. The van der Waals surface area contributed by atoms with E-state index in [1.54, 1.807) is 17.2 Å². The van der Waals surface area contributed by atoms with Gasteiger partial charge in [-0.15, -0.1) is 5.06 Å². The smallest absolute Gasteiger partial charge is 0.167 e.